The Labute approximate surface area is 79.7 Å². The van der Waals surface area contributed by atoms with Gasteiger partial charge in [-0.1, -0.05) is 13.3 Å². The normalized spacial score (nSPS) is 21.5. The van der Waals surface area contributed by atoms with Gasteiger partial charge in [-0.3, -0.25) is 0 Å². The quantitative estimate of drug-likeness (QED) is 0.610. The summed E-state index contributed by atoms with van der Waals surface area (Å²) in [7, 11) is 0. The molecule has 0 spiro atoms. The molecule has 1 saturated carbocycles. The Morgan fingerprint density at radius 1 is 1.31 bits per heavy atom. The second kappa shape index (κ2) is 4.94. The first-order valence-corrected chi connectivity index (χ1v) is 5.09. The molecular formula is C10H20O3. The van der Waals surface area contributed by atoms with Gasteiger partial charge in [-0.2, -0.15) is 0 Å². The van der Waals surface area contributed by atoms with E-state index in [0.29, 0.717) is 0 Å². The van der Waals surface area contributed by atoms with Gasteiger partial charge in [-0.25, -0.2) is 0 Å². The van der Waals surface area contributed by atoms with Crippen LogP contribution in [0.2, 0.25) is 0 Å². The average molecular weight is 188 g/mol. The van der Waals surface area contributed by atoms with Crippen LogP contribution in [-0.4, -0.2) is 36.1 Å². The number of aliphatic hydroxyl groups excluding tert-OH is 2. The van der Waals surface area contributed by atoms with Gasteiger partial charge < -0.3 is 14.9 Å². The lowest BCUT2D eigenvalue weighted by molar-refractivity contribution is -0.122. The molecule has 1 rings (SSSR count). The van der Waals surface area contributed by atoms with Crippen molar-refractivity contribution in [3.8, 4) is 0 Å². The highest BCUT2D eigenvalue weighted by molar-refractivity contribution is 4.93. The summed E-state index contributed by atoms with van der Waals surface area (Å²) in [5.41, 5.74) is -0.239. The number of hydrogen-bond acceptors (Lipinski definition) is 3. The third-order valence-corrected chi connectivity index (χ3v) is 2.84. The molecule has 0 saturated heterocycles. The van der Waals surface area contributed by atoms with E-state index in [-0.39, 0.29) is 24.7 Å². The maximum atomic E-state index is 9.01. The van der Waals surface area contributed by atoms with Gasteiger partial charge >= 0.3 is 0 Å². The molecule has 2 N–H and O–H groups in total. The molecule has 1 fully saturated rings. The van der Waals surface area contributed by atoms with Crippen molar-refractivity contribution < 1.29 is 14.9 Å². The first-order chi connectivity index (χ1) is 6.26. The van der Waals surface area contributed by atoms with Crippen molar-refractivity contribution in [3.63, 3.8) is 0 Å². The molecule has 0 aromatic rings. The Morgan fingerprint density at radius 3 is 2.38 bits per heavy atom. The minimum atomic E-state index is -0.239. The lowest BCUT2D eigenvalue weighted by Crippen LogP contribution is -2.47. The number of ether oxygens (including phenoxy) is 1. The summed E-state index contributed by atoms with van der Waals surface area (Å²) < 4.78 is 5.56. The summed E-state index contributed by atoms with van der Waals surface area (Å²) >= 11 is 0. The topological polar surface area (TPSA) is 49.7 Å². The van der Waals surface area contributed by atoms with Crippen LogP contribution in [0.1, 0.15) is 32.6 Å². The van der Waals surface area contributed by atoms with Crippen LogP contribution in [-0.2, 0) is 4.74 Å². The van der Waals surface area contributed by atoms with E-state index in [2.05, 4.69) is 6.92 Å². The van der Waals surface area contributed by atoms with Gasteiger partial charge in [0.1, 0.15) is 0 Å². The van der Waals surface area contributed by atoms with Gasteiger partial charge in [-0.15, -0.1) is 0 Å². The van der Waals surface area contributed by atoms with E-state index in [1.165, 1.54) is 0 Å². The molecule has 0 aliphatic heterocycles. The second-order valence-corrected chi connectivity index (χ2v) is 4.07. The highest BCUT2D eigenvalue weighted by atomic mass is 16.5. The zero-order valence-corrected chi connectivity index (χ0v) is 8.33. The first kappa shape index (κ1) is 11.0. The van der Waals surface area contributed by atoms with Crippen molar-refractivity contribution in [2.24, 2.45) is 5.41 Å². The van der Waals surface area contributed by atoms with Crippen LogP contribution < -0.4 is 0 Å². The summed E-state index contributed by atoms with van der Waals surface area (Å²) in [6.07, 6.45) is 4.14. The average Bonchev–Trinajstić information content (AvgIpc) is 2.10. The summed E-state index contributed by atoms with van der Waals surface area (Å²) in [5, 5.41) is 18.0. The predicted molar refractivity (Wildman–Crippen MR) is 50.5 cm³/mol. The zero-order valence-electron chi connectivity index (χ0n) is 8.33. The highest BCUT2D eigenvalue weighted by Crippen LogP contribution is 2.41. The maximum absolute atomic E-state index is 9.01. The molecule has 78 valence electrons. The molecule has 1 aliphatic carbocycles. The Balaban J connectivity index is 2.09. The first-order valence-electron chi connectivity index (χ1n) is 5.09. The SMILES string of the molecule is CCCCOC1CC(CO)(CO)C1. The van der Waals surface area contributed by atoms with E-state index in [1.807, 2.05) is 0 Å². The highest BCUT2D eigenvalue weighted by Gasteiger charge is 2.43. The number of hydrogen-bond donors (Lipinski definition) is 2. The minimum Gasteiger partial charge on any atom is -0.396 e. The molecule has 0 aromatic heterocycles. The molecule has 1 aliphatic rings. The van der Waals surface area contributed by atoms with E-state index in [1.54, 1.807) is 0 Å². The van der Waals surface area contributed by atoms with Crippen LogP contribution in [0.4, 0.5) is 0 Å². The third kappa shape index (κ3) is 2.66. The van der Waals surface area contributed by atoms with Crippen molar-refractivity contribution >= 4 is 0 Å². The Kier molecular flexibility index (Phi) is 4.16. The molecule has 0 aromatic carbocycles. The fraction of sp³-hybridized carbons (Fsp3) is 1.00. The van der Waals surface area contributed by atoms with Crippen LogP contribution in [0.3, 0.4) is 0 Å². The molecular weight excluding hydrogens is 168 g/mol. The van der Waals surface area contributed by atoms with Crippen molar-refractivity contribution in [3.05, 3.63) is 0 Å². The van der Waals surface area contributed by atoms with Gasteiger partial charge in [0.05, 0.1) is 19.3 Å². The summed E-state index contributed by atoms with van der Waals surface area (Å²) in [6, 6.07) is 0. The van der Waals surface area contributed by atoms with Crippen LogP contribution in [0, 0.1) is 5.41 Å². The Bertz CT molecular complexity index is 135. The van der Waals surface area contributed by atoms with E-state index >= 15 is 0 Å². The predicted octanol–water partition coefficient (Wildman–Crippen LogP) is 0.936. The molecule has 3 heteroatoms. The second-order valence-electron chi connectivity index (χ2n) is 4.07. The summed E-state index contributed by atoms with van der Waals surface area (Å²) in [4.78, 5) is 0. The van der Waals surface area contributed by atoms with Gasteiger partial charge in [0, 0.05) is 12.0 Å². The monoisotopic (exact) mass is 188 g/mol. The minimum absolute atomic E-state index is 0.0805. The number of aliphatic hydroxyl groups is 2. The Morgan fingerprint density at radius 2 is 1.92 bits per heavy atom. The molecule has 0 amide bonds. The smallest absolute Gasteiger partial charge is 0.0589 e. The lowest BCUT2D eigenvalue weighted by atomic mass is 9.68. The van der Waals surface area contributed by atoms with E-state index < -0.39 is 0 Å². The van der Waals surface area contributed by atoms with Crippen molar-refractivity contribution in [1.29, 1.82) is 0 Å². The van der Waals surface area contributed by atoms with Crippen molar-refractivity contribution in [2.45, 2.75) is 38.7 Å². The summed E-state index contributed by atoms with van der Waals surface area (Å²) in [5.74, 6) is 0. The zero-order chi connectivity index (χ0) is 9.73. The molecule has 0 unspecified atom stereocenters. The van der Waals surface area contributed by atoms with Crippen LogP contribution in [0.15, 0.2) is 0 Å². The van der Waals surface area contributed by atoms with Crippen LogP contribution in [0.5, 0.6) is 0 Å². The largest absolute Gasteiger partial charge is 0.396 e. The molecule has 3 nitrogen and oxygen atoms in total. The van der Waals surface area contributed by atoms with Crippen LogP contribution >= 0.6 is 0 Å². The van der Waals surface area contributed by atoms with Crippen molar-refractivity contribution in [1.82, 2.24) is 0 Å². The van der Waals surface area contributed by atoms with Crippen LogP contribution in [0.25, 0.3) is 0 Å². The van der Waals surface area contributed by atoms with E-state index in [0.717, 1.165) is 32.3 Å². The molecule has 0 radical (unpaired) electrons. The van der Waals surface area contributed by atoms with Gasteiger partial charge in [-0.05, 0) is 19.3 Å². The Hall–Kier alpha value is -0.120. The third-order valence-electron chi connectivity index (χ3n) is 2.84. The van der Waals surface area contributed by atoms with E-state index in [9.17, 15) is 0 Å². The molecule has 0 heterocycles. The standard InChI is InChI=1S/C10H20O3/c1-2-3-4-13-9-5-10(6-9,7-11)8-12/h9,11-12H,2-8H2,1H3. The van der Waals surface area contributed by atoms with Gasteiger partial charge in [0.2, 0.25) is 0 Å². The summed E-state index contributed by atoms with van der Waals surface area (Å²) in [6.45, 7) is 3.11. The molecule has 0 atom stereocenters. The van der Waals surface area contributed by atoms with Crippen molar-refractivity contribution in [2.75, 3.05) is 19.8 Å². The molecule has 13 heavy (non-hydrogen) atoms. The fourth-order valence-electron chi connectivity index (χ4n) is 1.73. The number of rotatable bonds is 6. The fourth-order valence-corrected chi connectivity index (χ4v) is 1.73. The lowest BCUT2D eigenvalue weighted by Gasteiger charge is -2.45. The maximum Gasteiger partial charge on any atom is 0.0589 e. The van der Waals surface area contributed by atoms with E-state index in [4.69, 9.17) is 14.9 Å². The molecule has 0 bridgehead atoms. The number of unbranched alkanes of at least 4 members (excludes halogenated alkanes) is 1. The van der Waals surface area contributed by atoms with Gasteiger partial charge in [0.25, 0.3) is 0 Å². The van der Waals surface area contributed by atoms with Gasteiger partial charge in [0.15, 0.2) is 0 Å².